The molecule has 0 N–H and O–H groups in total. The molecule has 0 aliphatic rings. The van der Waals surface area contributed by atoms with Gasteiger partial charge in [-0.25, -0.2) is 22.0 Å². The molecule has 0 bridgehead atoms. The van der Waals surface area contributed by atoms with Gasteiger partial charge < -0.3 is 0 Å². The summed E-state index contributed by atoms with van der Waals surface area (Å²) in [6.45, 7) is 1.52. The lowest BCUT2D eigenvalue weighted by Gasteiger charge is -2.05. The zero-order valence-electron chi connectivity index (χ0n) is 12.5. The maximum absolute atomic E-state index is 13.6. The molecule has 23 heavy (non-hydrogen) atoms. The zero-order valence-corrected chi connectivity index (χ0v) is 12.5. The van der Waals surface area contributed by atoms with Crippen LogP contribution in [0.15, 0.2) is 42.2 Å². The van der Waals surface area contributed by atoms with E-state index in [0.29, 0.717) is 18.4 Å². The molecule has 0 saturated heterocycles. The Labute approximate surface area is 131 Å². The Morgan fingerprint density at radius 2 is 1.35 bits per heavy atom. The van der Waals surface area contributed by atoms with E-state index in [1.165, 1.54) is 19.1 Å². The standard InChI is InChI=1S/C18H15F5/c1-2-14(19)17(22)13-7-5-11(6-8-13)3-4-12-9-15(20)18(23)16(21)10-12/h5-10H,2-4H2,1H3/b17-14+. The molecule has 0 amide bonds. The third-order valence-electron chi connectivity index (χ3n) is 3.50. The van der Waals surface area contributed by atoms with Gasteiger partial charge in [0, 0.05) is 5.56 Å². The van der Waals surface area contributed by atoms with Gasteiger partial charge in [-0.15, -0.1) is 0 Å². The summed E-state index contributed by atoms with van der Waals surface area (Å²) in [6, 6.07) is 8.04. The van der Waals surface area contributed by atoms with Crippen molar-refractivity contribution in [2.45, 2.75) is 26.2 Å². The number of benzene rings is 2. The van der Waals surface area contributed by atoms with Gasteiger partial charge in [0.15, 0.2) is 23.3 Å². The first kappa shape index (κ1) is 17.2. The Morgan fingerprint density at radius 3 is 1.87 bits per heavy atom. The van der Waals surface area contributed by atoms with Crippen molar-refractivity contribution in [2.24, 2.45) is 0 Å². The first-order valence-corrected chi connectivity index (χ1v) is 7.19. The summed E-state index contributed by atoms with van der Waals surface area (Å²) in [5, 5.41) is 0. The fourth-order valence-corrected chi connectivity index (χ4v) is 2.17. The van der Waals surface area contributed by atoms with Gasteiger partial charge in [0.1, 0.15) is 5.83 Å². The molecule has 122 valence electrons. The minimum Gasteiger partial charge on any atom is -0.209 e. The van der Waals surface area contributed by atoms with Crippen molar-refractivity contribution >= 4 is 5.83 Å². The maximum atomic E-state index is 13.6. The third-order valence-corrected chi connectivity index (χ3v) is 3.50. The van der Waals surface area contributed by atoms with Gasteiger partial charge in [-0.05, 0) is 42.5 Å². The highest BCUT2D eigenvalue weighted by molar-refractivity contribution is 5.61. The zero-order chi connectivity index (χ0) is 17.0. The largest absolute Gasteiger partial charge is 0.209 e. The molecule has 0 aliphatic carbocycles. The molecule has 0 atom stereocenters. The predicted octanol–water partition coefficient (Wildman–Crippen LogP) is 5.91. The molecule has 0 heterocycles. The molecule has 0 unspecified atom stereocenters. The summed E-state index contributed by atoms with van der Waals surface area (Å²) in [5.74, 6) is -5.63. The van der Waals surface area contributed by atoms with Crippen LogP contribution in [0.5, 0.6) is 0 Å². The molecular weight excluding hydrogens is 311 g/mol. The lowest BCUT2D eigenvalue weighted by atomic mass is 10.0. The first-order chi connectivity index (χ1) is 10.9. The molecule has 0 spiro atoms. The third kappa shape index (κ3) is 4.18. The minimum absolute atomic E-state index is 0.0186. The molecule has 2 aromatic rings. The van der Waals surface area contributed by atoms with Crippen LogP contribution in [-0.2, 0) is 12.8 Å². The van der Waals surface area contributed by atoms with Crippen molar-refractivity contribution in [1.82, 2.24) is 0 Å². The average molecular weight is 326 g/mol. The van der Waals surface area contributed by atoms with E-state index in [0.717, 1.165) is 17.7 Å². The highest BCUT2D eigenvalue weighted by atomic mass is 19.2. The van der Waals surface area contributed by atoms with E-state index in [9.17, 15) is 22.0 Å². The van der Waals surface area contributed by atoms with E-state index in [1.807, 2.05) is 0 Å². The van der Waals surface area contributed by atoms with Crippen LogP contribution in [0.3, 0.4) is 0 Å². The topological polar surface area (TPSA) is 0 Å². The monoisotopic (exact) mass is 326 g/mol. The second kappa shape index (κ2) is 7.40. The number of rotatable bonds is 5. The first-order valence-electron chi connectivity index (χ1n) is 7.19. The van der Waals surface area contributed by atoms with Gasteiger partial charge >= 0.3 is 0 Å². The molecular formula is C18H15F5. The van der Waals surface area contributed by atoms with Gasteiger partial charge in [0.2, 0.25) is 0 Å². The second-order valence-electron chi connectivity index (χ2n) is 5.14. The van der Waals surface area contributed by atoms with Crippen molar-refractivity contribution in [3.8, 4) is 0 Å². The number of aryl methyl sites for hydroxylation is 2. The van der Waals surface area contributed by atoms with E-state index in [2.05, 4.69) is 0 Å². The van der Waals surface area contributed by atoms with Crippen molar-refractivity contribution in [1.29, 1.82) is 0 Å². The van der Waals surface area contributed by atoms with Crippen LogP contribution in [0.2, 0.25) is 0 Å². The Kier molecular flexibility index (Phi) is 5.53. The Bertz CT molecular complexity index is 694. The van der Waals surface area contributed by atoms with E-state index in [-0.39, 0.29) is 12.0 Å². The fraction of sp³-hybridized carbons (Fsp3) is 0.222. The highest BCUT2D eigenvalue weighted by Gasteiger charge is 2.11. The summed E-state index contributed by atoms with van der Waals surface area (Å²) >= 11 is 0. The van der Waals surface area contributed by atoms with Crippen LogP contribution in [0.25, 0.3) is 5.83 Å². The molecule has 0 fully saturated rings. The quantitative estimate of drug-likeness (QED) is 0.473. The number of allylic oxidation sites excluding steroid dienone is 1. The molecule has 0 aliphatic heterocycles. The number of hydrogen-bond donors (Lipinski definition) is 0. The molecule has 2 rings (SSSR count). The number of halogens is 5. The van der Waals surface area contributed by atoms with Crippen LogP contribution < -0.4 is 0 Å². The van der Waals surface area contributed by atoms with Crippen LogP contribution in [-0.4, -0.2) is 0 Å². The van der Waals surface area contributed by atoms with Gasteiger partial charge in [0.05, 0.1) is 0 Å². The van der Waals surface area contributed by atoms with Gasteiger partial charge in [-0.3, -0.25) is 0 Å². The summed E-state index contributed by atoms with van der Waals surface area (Å²) in [7, 11) is 0. The van der Waals surface area contributed by atoms with E-state index >= 15 is 0 Å². The van der Waals surface area contributed by atoms with E-state index < -0.39 is 29.1 Å². The van der Waals surface area contributed by atoms with Crippen LogP contribution in [0.4, 0.5) is 22.0 Å². The SMILES string of the molecule is CC/C(F)=C(\F)c1ccc(CCc2cc(F)c(F)c(F)c2)cc1. The van der Waals surface area contributed by atoms with Crippen molar-refractivity contribution in [3.05, 3.63) is 76.4 Å². The smallest absolute Gasteiger partial charge is 0.194 e. The minimum atomic E-state index is -1.49. The van der Waals surface area contributed by atoms with E-state index in [4.69, 9.17) is 0 Å². The van der Waals surface area contributed by atoms with Crippen molar-refractivity contribution in [3.63, 3.8) is 0 Å². The summed E-state index contributed by atoms with van der Waals surface area (Å²) in [5.41, 5.74) is 1.27. The van der Waals surface area contributed by atoms with E-state index in [1.54, 1.807) is 12.1 Å². The molecule has 0 aromatic heterocycles. The lowest BCUT2D eigenvalue weighted by Crippen LogP contribution is -1.97. The van der Waals surface area contributed by atoms with Gasteiger partial charge in [-0.1, -0.05) is 31.2 Å². The summed E-state index contributed by atoms with van der Waals surface area (Å²) in [4.78, 5) is 0. The molecule has 0 radical (unpaired) electrons. The van der Waals surface area contributed by atoms with Crippen molar-refractivity contribution in [2.75, 3.05) is 0 Å². The average Bonchev–Trinajstić information content (AvgIpc) is 2.56. The lowest BCUT2D eigenvalue weighted by molar-refractivity contribution is 0.445. The van der Waals surface area contributed by atoms with Crippen LogP contribution >= 0.6 is 0 Å². The highest BCUT2D eigenvalue weighted by Crippen LogP contribution is 2.24. The van der Waals surface area contributed by atoms with Crippen molar-refractivity contribution < 1.29 is 22.0 Å². The fourth-order valence-electron chi connectivity index (χ4n) is 2.17. The Morgan fingerprint density at radius 1 is 0.826 bits per heavy atom. The molecule has 0 saturated carbocycles. The second-order valence-corrected chi connectivity index (χ2v) is 5.14. The Balaban J connectivity index is 2.08. The summed E-state index contributed by atoms with van der Waals surface area (Å²) in [6.07, 6.45) is 0.719. The van der Waals surface area contributed by atoms with Crippen LogP contribution in [0, 0.1) is 17.5 Å². The molecule has 5 heteroatoms. The molecule has 0 nitrogen and oxygen atoms in total. The van der Waals surface area contributed by atoms with Gasteiger partial charge in [-0.2, -0.15) is 0 Å². The van der Waals surface area contributed by atoms with Crippen LogP contribution in [0.1, 0.15) is 30.0 Å². The normalized spacial score (nSPS) is 12.3. The molecule has 2 aromatic carbocycles. The number of hydrogen-bond acceptors (Lipinski definition) is 0. The van der Waals surface area contributed by atoms with Gasteiger partial charge in [0.25, 0.3) is 0 Å². The Hall–Kier alpha value is -2.17. The predicted molar refractivity (Wildman–Crippen MR) is 79.6 cm³/mol. The summed E-state index contributed by atoms with van der Waals surface area (Å²) < 4.78 is 65.9. The maximum Gasteiger partial charge on any atom is 0.194 e.